The van der Waals surface area contributed by atoms with Crippen LogP contribution in [-0.4, -0.2) is 16.5 Å². The van der Waals surface area contributed by atoms with Gasteiger partial charge in [0, 0.05) is 30.7 Å². The van der Waals surface area contributed by atoms with Gasteiger partial charge in [-0.15, -0.1) is 0 Å². The summed E-state index contributed by atoms with van der Waals surface area (Å²) in [6, 6.07) is 25.4. The lowest BCUT2D eigenvalue weighted by Crippen LogP contribution is -2.05. The summed E-state index contributed by atoms with van der Waals surface area (Å²) in [7, 11) is 0. The maximum atomic E-state index is 4.68. The molecule has 3 nitrogen and oxygen atoms in total. The Hall–Kier alpha value is -3.46. The van der Waals surface area contributed by atoms with Gasteiger partial charge >= 0.3 is 0 Å². The quantitative estimate of drug-likeness (QED) is 0.391. The molecule has 2 aromatic heterocycles. The first-order valence-electron chi connectivity index (χ1n) is 10.0. The van der Waals surface area contributed by atoms with Crippen LogP contribution in [0.1, 0.15) is 17.5 Å². The number of rotatable bonds is 7. The van der Waals surface area contributed by atoms with Crippen molar-refractivity contribution < 1.29 is 0 Å². The van der Waals surface area contributed by atoms with Crippen LogP contribution in [-0.2, 0) is 6.42 Å². The average Bonchev–Trinajstić information content (AvgIpc) is 2.78. The van der Waals surface area contributed by atoms with E-state index in [2.05, 4.69) is 82.9 Å². The van der Waals surface area contributed by atoms with Gasteiger partial charge in [-0.25, -0.2) is 4.98 Å². The second-order valence-corrected chi connectivity index (χ2v) is 7.24. The Bertz CT molecular complexity index is 1060. The monoisotopic (exact) mass is 379 g/mol. The highest BCUT2D eigenvalue weighted by molar-refractivity contribution is 5.84. The van der Waals surface area contributed by atoms with Gasteiger partial charge in [0.2, 0.25) is 0 Å². The van der Waals surface area contributed by atoms with Crippen molar-refractivity contribution in [3.8, 4) is 22.3 Å². The van der Waals surface area contributed by atoms with E-state index in [4.69, 9.17) is 0 Å². The summed E-state index contributed by atoms with van der Waals surface area (Å²) in [5.41, 5.74) is 7.24. The van der Waals surface area contributed by atoms with Crippen molar-refractivity contribution in [2.75, 3.05) is 11.9 Å². The smallest absolute Gasteiger partial charge is 0.126 e. The Labute approximate surface area is 172 Å². The summed E-state index contributed by atoms with van der Waals surface area (Å²) in [6.07, 6.45) is 7.74. The first kappa shape index (κ1) is 18.9. The third kappa shape index (κ3) is 4.88. The van der Waals surface area contributed by atoms with E-state index in [9.17, 15) is 0 Å². The number of anilines is 1. The first-order valence-corrected chi connectivity index (χ1v) is 10.0. The van der Waals surface area contributed by atoms with E-state index in [1.165, 1.54) is 22.3 Å². The fourth-order valence-corrected chi connectivity index (χ4v) is 3.52. The Morgan fingerprint density at radius 1 is 0.793 bits per heavy atom. The van der Waals surface area contributed by atoms with Gasteiger partial charge in [-0.3, -0.25) is 4.98 Å². The van der Waals surface area contributed by atoms with Crippen molar-refractivity contribution in [3.05, 3.63) is 103 Å². The summed E-state index contributed by atoms with van der Waals surface area (Å²) in [6.45, 7) is 3.02. The summed E-state index contributed by atoms with van der Waals surface area (Å²) in [4.78, 5) is 8.82. The molecule has 29 heavy (non-hydrogen) atoms. The second kappa shape index (κ2) is 9.16. The van der Waals surface area contributed by atoms with Crippen LogP contribution in [0.5, 0.6) is 0 Å². The van der Waals surface area contributed by atoms with Gasteiger partial charge in [-0.2, -0.15) is 0 Å². The lowest BCUT2D eigenvalue weighted by atomic mass is 9.96. The first-order chi connectivity index (χ1) is 14.3. The maximum absolute atomic E-state index is 4.68. The lowest BCUT2D eigenvalue weighted by Gasteiger charge is -2.13. The molecule has 0 radical (unpaired) electrons. The van der Waals surface area contributed by atoms with Crippen LogP contribution < -0.4 is 5.32 Å². The van der Waals surface area contributed by atoms with Crippen molar-refractivity contribution in [1.29, 1.82) is 0 Å². The predicted octanol–water partition coefficient (Wildman–Crippen LogP) is 6.16. The fraction of sp³-hybridized carbons (Fsp3) is 0.154. The molecule has 2 heterocycles. The summed E-state index contributed by atoms with van der Waals surface area (Å²) < 4.78 is 0. The molecular formula is C26H25N3. The van der Waals surface area contributed by atoms with Gasteiger partial charge < -0.3 is 5.32 Å². The van der Waals surface area contributed by atoms with Crippen LogP contribution in [0, 0.1) is 6.92 Å². The zero-order valence-electron chi connectivity index (χ0n) is 16.7. The number of hydrogen-bond donors (Lipinski definition) is 1. The van der Waals surface area contributed by atoms with E-state index < -0.39 is 0 Å². The van der Waals surface area contributed by atoms with Crippen LogP contribution in [0.2, 0.25) is 0 Å². The van der Waals surface area contributed by atoms with Crippen LogP contribution in [0.4, 0.5) is 5.82 Å². The SMILES string of the molecule is Cc1cccc(-c2cc(NCCCc3ccccc3)ncc2-c2ccncc2)c1. The molecule has 4 aromatic rings. The third-order valence-electron chi connectivity index (χ3n) is 5.02. The summed E-state index contributed by atoms with van der Waals surface area (Å²) >= 11 is 0. The Morgan fingerprint density at radius 3 is 2.41 bits per heavy atom. The number of nitrogens with one attached hydrogen (secondary N) is 1. The number of aromatic nitrogens is 2. The molecule has 0 aliphatic heterocycles. The van der Waals surface area contributed by atoms with Crippen molar-refractivity contribution in [2.45, 2.75) is 19.8 Å². The minimum Gasteiger partial charge on any atom is -0.370 e. The molecule has 0 aliphatic carbocycles. The molecule has 0 aliphatic rings. The molecule has 0 fully saturated rings. The van der Waals surface area contributed by atoms with Gasteiger partial charge in [0.25, 0.3) is 0 Å². The van der Waals surface area contributed by atoms with Gasteiger partial charge in [0.15, 0.2) is 0 Å². The normalized spacial score (nSPS) is 10.7. The third-order valence-corrected chi connectivity index (χ3v) is 5.02. The molecule has 0 saturated heterocycles. The van der Waals surface area contributed by atoms with Crippen LogP contribution >= 0.6 is 0 Å². The largest absolute Gasteiger partial charge is 0.370 e. The van der Waals surface area contributed by atoms with Gasteiger partial charge in [-0.05, 0) is 60.2 Å². The molecule has 2 aromatic carbocycles. The van der Waals surface area contributed by atoms with Gasteiger partial charge in [-0.1, -0.05) is 60.2 Å². The summed E-state index contributed by atoms with van der Waals surface area (Å²) in [5.74, 6) is 0.910. The minimum atomic E-state index is 0.893. The highest BCUT2D eigenvalue weighted by atomic mass is 15.0. The molecule has 0 saturated carbocycles. The molecular weight excluding hydrogens is 354 g/mol. The van der Waals surface area contributed by atoms with Crippen LogP contribution in [0.25, 0.3) is 22.3 Å². The molecule has 4 rings (SSSR count). The van der Waals surface area contributed by atoms with Crippen LogP contribution in [0.3, 0.4) is 0 Å². The highest BCUT2D eigenvalue weighted by Crippen LogP contribution is 2.33. The summed E-state index contributed by atoms with van der Waals surface area (Å²) in [5, 5.41) is 3.49. The van der Waals surface area contributed by atoms with Crippen molar-refractivity contribution >= 4 is 5.82 Å². The number of pyridine rings is 2. The Kier molecular flexibility index (Phi) is 5.96. The molecule has 1 N–H and O–H groups in total. The fourth-order valence-electron chi connectivity index (χ4n) is 3.52. The molecule has 0 amide bonds. The zero-order valence-corrected chi connectivity index (χ0v) is 16.7. The van der Waals surface area contributed by atoms with E-state index in [1.54, 1.807) is 0 Å². The number of nitrogens with zero attached hydrogens (tertiary/aromatic N) is 2. The van der Waals surface area contributed by atoms with Gasteiger partial charge in [0.1, 0.15) is 5.82 Å². The van der Waals surface area contributed by atoms with Crippen LogP contribution in [0.15, 0.2) is 91.4 Å². The zero-order chi connectivity index (χ0) is 19.9. The Morgan fingerprint density at radius 2 is 1.62 bits per heavy atom. The Balaban J connectivity index is 1.55. The van der Waals surface area contributed by atoms with Crippen molar-refractivity contribution in [3.63, 3.8) is 0 Å². The molecule has 0 atom stereocenters. The van der Waals surface area contributed by atoms with E-state index in [1.807, 2.05) is 30.7 Å². The average molecular weight is 380 g/mol. The predicted molar refractivity (Wildman–Crippen MR) is 121 cm³/mol. The van der Waals surface area contributed by atoms with E-state index >= 15 is 0 Å². The number of benzene rings is 2. The standard InChI is InChI=1S/C26H25N3/c1-20-7-5-11-23(17-20)24-18-26(28-14-6-10-21-8-3-2-4-9-21)29-19-25(24)22-12-15-27-16-13-22/h2-5,7-9,11-13,15-19H,6,10,14H2,1H3,(H,28,29). The molecule has 144 valence electrons. The lowest BCUT2D eigenvalue weighted by molar-refractivity contribution is 0.859. The van der Waals surface area contributed by atoms with E-state index in [-0.39, 0.29) is 0 Å². The molecule has 0 bridgehead atoms. The number of aryl methyl sites for hydroxylation is 2. The maximum Gasteiger partial charge on any atom is 0.126 e. The van der Waals surface area contributed by atoms with E-state index in [0.29, 0.717) is 0 Å². The minimum absolute atomic E-state index is 0.893. The molecule has 3 heteroatoms. The topological polar surface area (TPSA) is 37.8 Å². The van der Waals surface area contributed by atoms with Crippen molar-refractivity contribution in [2.24, 2.45) is 0 Å². The highest BCUT2D eigenvalue weighted by Gasteiger charge is 2.10. The van der Waals surface area contributed by atoms with Gasteiger partial charge in [0.05, 0.1) is 0 Å². The second-order valence-electron chi connectivity index (χ2n) is 7.24. The molecule has 0 unspecified atom stereocenters. The molecule has 0 spiro atoms. The van der Waals surface area contributed by atoms with E-state index in [0.717, 1.165) is 36.3 Å². The number of hydrogen-bond acceptors (Lipinski definition) is 3. The van der Waals surface area contributed by atoms with Crippen molar-refractivity contribution in [1.82, 2.24) is 9.97 Å².